The van der Waals surface area contributed by atoms with E-state index in [0.29, 0.717) is 28.6 Å². The standard InChI is InChI=1S/C22H21N5O4S/c1-15-6-10-19(11-7-15)32(29,30)24-14-18-9-8-17(31-18)13-23-26-22(28)21-16(2)25-20-5-3-4-12-27(20)21/h3-13,24H,14H2,1-2H3,(H,26,28)/b23-13+. The van der Waals surface area contributed by atoms with Crippen molar-refractivity contribution in [2.24, 2.45) is 5.10 Å². The van der Waals surface area contributed by atoms with E-state index in [1.165, 1.54) is 6.21 Å². The van der Waals surface area contributed by atoms with E-state index in [2.05, 4.69) is 20.2 Å². The number of amides is 1. The van der Waals surface area contributed by atoms with E-state index in [0.717, 1.165) is 5.56 Å². The highest BCUT2D eigenvalue weighted by atomic mass is 32.2. The zero-order valence-corrected chi connectivity index (χ0v) is 18.3. The van der Waals surface area contributed by atoms with Gasteiger partial charge < -0.3 is 4.42 Å². The molecule has 4 rings (SSSR count). The predicted octanol–water partition coefficient (Wildman–Crippen LogP) is 2.79. The number of nitrogens with one attached hydrogen (secondary N) is 2. The first-order chi connectivity index (χ1) is 15.3. The maximum Gasteiger partial charge on any atom is 0.290 e. The van der Waals surface area contributed by atoms with Crippen LogP contribution in [0, 0.1) is 13.8 Å². The van der Waals surface area contributed by atoms with Crippen molar-refractivity contribution in [3.05, 3.63) is 89.3 Å². The summed E-state index contributed by atoms with van der Waals surface area (Å²) < 4.78 is 34.5. The van der Waals surface area contributed by atoms with Gasteiger partial charge >= 0.3 is 0 Å². The molecule has 3 heterocycles. The minimum absolute atomic E-state index is 0.0165. The number of rotatable bonds is 7. The Morgan fingerprint density at radius 3 is 2.69 bits per heavy atom. The van der Waals surface area contributed by atoms with Crippen LogP contribution in [0.3, 0.4) is 0 Å². The number of hydrazone groups is 1. The average Bonchev–Trinajstić information content (AvgIpc) is 3.35. The molecule has 0 saturated carbocycles. The Hall–Kier alpha value is -3.76. The van der Waals surface area contributed by atoms with Gasteiger partial charge in [0, 0.05) is 6.20 Å². The molecule has 1 aromatic carbocycles. The van der Waals surface area contributed by atoms with Gasteiger partial charge in [-0.1, -0.05) is 23.8 Å². The molecule has 0 spiro atoms. The predicted molar refractivity (Wildman–Crippen MR) is 119 cm³/mol. The summed E-state index contributed by atoms with van der Waals surface area (Å²) in [5.74, 6) is 0.367. The van der Waals surface area contributed by atoms with Gasteiger partial charge in [0.2, 0.25) is 10.0 Å². The summed E-state index contributed by atoms with van der Waals surface area (Å²) in [5, 5.41) is 3.93. The number of imidazole rings is 1. The first kappa shape index (κ1) is 21.5. The molecule has 0 aliphatic rings. The van der Waals surface area contributed by atoms with E-state index in [1.807, 2.05) is 25.1 Å². The van der Waals surface area contributed by atoms with Crippen molar-refractivity contribution in [2.45, 2.75) is 25.3 Å². The SMILES string of the molecule is Cc1ccc(S(=O)(=O)NCc2ccc(/C=N/NC(=O)c3c(C)nc4ccccn34)o2)cc1. The van der Waals surface area contributed by atoms with Gasteiger partial charge in [-0.25, -0.2) is 23.5 Å². The first-order valence-electron chi connectivity index (χ1n) is 9.75. The number of nitrogens with zero attached hydrogens (tertiary/aromatic N) is 3. The van der Waals surface area contributed by atoms with Gasteiger partial charge in [0.25, 0.3) is 5.91 Å². The summed E-state index contributed by atoms with van der Waals surface area (Å²) in [6.07, 6.45) is 3.10. The summed E-state index contributed by atoms with van der Waals surface area (Å²) in [7, 11) is -3.65. The van der Waals surface area contributed by atoms with Gasteiger partial charge in [-0.05, 0) is 50.2 Å². The zero-order chi connectivity index (χ0) is 22.7. The highest BCUT2D eigenvalue weighted by molar-refractivity contribution is 7.89. The van der Waals surface area contributed by atoms with E-state index < -0.39 is 15.9 Å². The summed E-state index contributed by atoms with van der Waals surface area (Å²) in [6, 6.07) is 15.3. The second-order valence-corrected chi connectivity index (χ2v) is 8.88. The Balaban J connectivity index is 1.37. The molecule has 0 aliphatic carbocycles. The van der Waals surface area contributed by atoms with Crippen molar-refractivity contribution in [3.8, 4) is 0 Å². The molecule has 4 aromatic rings. The maximum atomic E-state index is 12.5. The Morgan fingerprint density at radius 1 is 1.12 bits per heavy atom. The van der Waals surface area contributed by atoms with Gasteiger partial charge in [-0.2, -0.15) is 5.10 Å². The van der Waals surface area contributed by atoms with E-state index >= 15 is 0 Å². The van der Waals surface area contributed by atoms with Crippen molar-refractivity contribution < 1.29 is 17.6 Å². The molecule has 3 aromatic heterocycles. The largest absolute Gasteiger partial charge is 0.459 e. The summed E-state index contributed by atoms with van der Waals surface area (Å²) in [6.45, 7) is 3.62. The van der Waals surface area contributed by atoms with E-state index in [-0.39, 0.29) is 11.4 Å². The van der Waals surface area contributed by atoms with Crippen molar-refractivity contribution in [1.82, 2.24) is 19.5 Å². The highest BCUT2D eigenvalue weighted by Crippen LogP contribution is 2.13. The second kappa shape index (κ2) is 8.77. The van der Waals surface area contributed by atoms with Crippen LogP contribution in [0.5, 0.6) is 0 Å². The molecule has 0 atom stereocenters. The molecule has 0 aliphatic heterocycles. The van der Waals surface area contributed by atoms with Crippen molar-refractivity contribution >= 4 is 27.8 Å². The minimum Gasteiger partial charge on any atom is -0.459 e. The van der Waals surface area contributed by atoms with Crippen LogP contribution in [-0.4, -0.2) is 29.9 Å². The monoisotopic (exact) mass is 451 g/mol. The maximum absolute atomic E-state index is 12.5. The Morgan fingerprint density at radius 2 is 1.91 bits per heavy atom. The topological polar surface area (TPSA) is 118 Å². The van der Waals surface area contributed by atoms with Crippen molar-refractivity contribution in [3.63, 3.8) is 0 Å². The molecule has 0 bridgehead atoms. The second-order valence-electron chi connectivity index (χ2n) is 7.12. The fraction of sp³-hybridized carbons (Fsp3) is 0.136. The molecule has 10 heteroatoms. The third-order valence-corrected chi connectivity index (χ3v) is 6.14. The molecular weight excluding hydrogens is 430 g/mol. The number of pyridine rings is 1. The lowest BCUT2D eigenvalue weighted by Gasteiger charge is -2.05. The fourth-order valence-electron chi connectivity index (χ4n) is 3.12. The minimum atomic E-state index is -3.65. The number of carbonyl (C=O) groups is 1. The molecule has 0 saturated heterocycles. The van der Waals surface area contributed by atoms with Crippen molar-refractivity contribution in [2.75, 3.05) is 0 Å². The third-order valence-electron chi connectivity index (χ3n) is 4.73. The van der Waals surface area contributed by atoms with E-state index in [1.54, 1.807) is 53.9 Å². The first-order valence-corrected chi connectivity index (χ1v) is 11.2. The number of carbonyl (C=O) groups excluding carboxylic acids is 1. The van der Waals surface area contributed by atoms with Gasteiger partial charge in [0.05, 0.1) is 23.3 Å². The Bertz CT molecular complexity index is 1400. The number of hydrogen-bond donors (Lipinski definition) is 2. The number of furan rings is 1. The van der Waals surface area contributed by atoms with Gasteiger partial charge in [0.1, 0.15) is 22.9 Å². The third kappa shape index (κ3) is 4.61. The van der Waals surface area contributed by atoms with Crippen LogP contribution in [0.2, 0.25) is 0 Å². The van der Waals surface area contributed by atoms with Crippen LogP contribution in [-0.2, 0) is 16.6 Å². The average molecular weight is 452 g/mol. The molecule has 0 radical (unpaired) electrons. The molecule has 0 fully saturated rings. The van der Waals surface area contributed by atoms with Crippen LogP contribution in [0.25, 0.3) is 5.65 Å². The molecule has 0 unspecified atom stereocenters. The Labute approximate surface area is 184 Å². The van der Waals surface area contributed by atoms with E-state index in [4.69, 9.17) is 4.42 Å². The molecule has 9 nitrogen and oxygen atoms in total. The van der Waals surface area contributed by atoms with Crippen molar-refractivity contribution in [1.29, 1.82) is 0 Å². The fourth-order valence-corrected chi connectivity index (χ4v) is 4.11. The summed E-state index contributed by atoms with van der Waals surface area (Å²) >= 11 is 0. The van der Waals surface area contributed by atoms with Crippen LogP contribution in [0.4, 0.5) is 0 Å². The van der Waals surface area contributed by atoms with Crippen LogP contribution in [0.1, 0.15) is 33.3 Å². The van der Waals surface area contributed by atoms with E-state index in [9.17, 15) is 13.2 Å². The molecular formula is C22H21N5O4S. The smallest absolute Gasteiger partial charge is 0.290 e. The number of aromatic nitrogens is 2. The lowest BCUT2D eigenvalue weighted by molar-refractivity contribution is 0.0948. The molecule has 2 N–H and O–H groups in total. The number of aryl methyl sites for hydroxylation is 2. The number of benzene rings is 1. The number of sulfonamides is 1. The number of hydrogen-bond acceptors (Lipinski definition) is 6. The number of fused-ring (bicyclic) bond motifs is 1. The molecule has 1 amide bonds. The summed E-state index contributed by atoms with van der Waals surface area (Å²) in [5.41, 5.74) is 5.08. The molecule has 164 valence electrons. The van der Waals surface area contributed by atoms with Crippen LogP contribution in [0.15, 0.2) is 75.2 Å². The lowest BCUT2D eigenvalue weighted by Crippen LogP contribution is -2.23. The Kier molecular flexibility index (Phi) is 5.89. The van der Waals surface area contributed by atoms with Gasteiger partial charge in [0.15, 0.2) is 0 Å². The zero-order valence-electron chi connectivity index (χ0n) is 17.4. The summed E-state index contributed by atoms with van der Waals surface area (Å²) in [4.78, 5) is 17.0. The van der Waals surface area contributed by atoms with Crippen LogP contribution < -0.4 is 10.1 Å². The normalized spacial score (nSPS) is 11.9. The van der Waals surface area contributed by atoms with Gasteiger partial charge in [-0.3, -0.25) is 9.20 Å². The van der Waals surface area contributed by atoms with Crippen LogP contribution >= 0.6 is 0 Å². The lowest BCUT2D eigenvalue weighted by atomic mass is 10.2. The quantitative estimate of drug-likeness (QED) is 0.331. The molecule has 32 heavy (non-hydrogen) atoms. The van der Waals surface area contributed by atoms with Gasteiger partial charge in [-0.15, -0.1) is 0 Å². The highest BCUT2D eigenvalue weighted by Gasteiger charge is 2.16.